The van der Waals surface area contributed by atoms with Gasteiger partial charge in [0.15, 0.2) is 0 Å². The number of alkyl halides is 1. The largest absolute Gasteiger partial charge is 0.384 e. The number of rotatable bonds is 6. The average molecular weight is 205 g/mol. The van der Waals surface area contributed by atoms with Crippen molar-refractivity contribution >= 4 is 11.6 Å². The summed E-state index contributed by atoms with van der Waals surface area (Å²) in [6.45, 7) is 7.05. The van der Waals surface area contributed by atoms with E-state index < -0.39 is 0 Å². The Hall–Kier alpha value is -0.0100. The zero-order valence-electron chi connectivity index (χ0n) is 9.19. The molecular weight excluding hydrogens is 184 g/mol. The van der Waals surface area contributed by atoms with Crippen LogP contribution in [0, 0.1) is 0 Å². The third kappa shape index (κ3) is 9.91. The van der Waals surface area contributed by atoms with Crippen LogP contribution >= 0.6 is 11.6 Å². The van der Waals surface area contributed by atoms with Gasteiger partial charge < -0.3 is 4.74 Å². The minimum Gasteiger partial charge on any atom is -0.384 e. The predicted octanol–water partition coefficient (Wildman–Crippen LogP) is 3.77. The van der Waals surface area contributed by atoms with Gasteiger partial charge in [-0.3, -0.25) is 0 Å². The van der Waals surface area contributed by atoms with Crippen LogP contribution in [0.4, 0.5) is 0 Å². The van der Waals surface area contributed by atoms with Gasteiger partial charge in [-0.1, -0.05) is 11.6 Å². The van der Waals surface area contributed by atoms with Gasteiger partial charge in [0.2, 0.25) is 0 Å². The lowest BCUT2D eigenvalue weighted by Gasteiger charge is -2.13. The molecule has 0 saturated heterocycles. The maximum atomic E-state index is 6.07. The molecule has 0 unspecified atom stereocenters. The molecule has 0 aromatic heterocycles. The summed E-state index contributed by atoms with van der Waals surface area (Å²) in [6, 6.07) is 0. The highest BCUT2D eigenvalue weighted by Gasteiger charge is 2.10. The second-order valence-electron chi connectivity index (χ2n) is 4.05. The van der Waals surface area contributed by atoms with Crippen molar-refractivity contribution in [2.75, 3.05) is 13.7 Å². The molecule has 0 aliphatic heterocycles. The van der Waals surface area contributed by atoms with E-state index in [1.807, 2.05) is 13.8 Å². The van der Waals surface area contributed by atoms with Gasteiger partial charge in [0.1, 0.15) is 0 Å². The first-order valence-corrected chi connectivity index (χ1v) is 5.17. The standard InChI is InChI=1S/C11H21ClO/c1-10(7-9-13-4)6-5-8-11(2,3)12/h6H,5,7-9H2,1-4H3/b10-6-. The summed E-state index contributed by atoms with van der Waals surface area (Å²) in [5, 5.41) is 0. The quantitative estimate of drug-likeness (QED) is 0.473. The molecule has 0 aliphatic carbocycles. The predicted molar refractivity (Wildman–Crippen MR) is 59.4 cm³/mol. The number of hydrogen-bond acceptors (Lipinski definition) is 1. The molecule has 2 heteroatoms. The molecule has 0 aromatic carbocycles. The molecule has 0 aromatic rings. The summed E-state index contributed by atoms with van der Waals surface area (Å²) >= 11 is 6.07. The van der Waals surface area contributed by atoms with E-state index in [4.69, 9.17) is 16.3 Å². The Kier molecular flexibility index (Phi) is 6.44. The Bertz CT molecular complexity index is 156. The Balaban J connectivity index is 3.59. The molecule has 1 nitrogen and oxygen atoms in total. The van der Waals surface area contributed by atoms with Crippen molar-refractivity contribution in [1.82, 2.24) is 0 Å². The monoisotopic (exact) mass is 204 g/mol. The first-order chi connectivity index (χ1) is 5.95. The third-order valence-corrected chi connectivity index (χ3v) is 2.12. The number of hydrogen-bond donors (Lipinski definition) is 0. The van der Waals surface area contributed by atoms with Crippen molar-refractivity contribution in [1.29, 1.82) is 0 Å². The van der Waals surface area contributed by atoms with Gasteiger partial charge in [-0.15, -0.1) is 11.6 Å². The summed E-state index contributed by atoms with van der Waals surface area (Å²) in [7, 11) is 1.73. The van der Waals surface area contributed by atoms with Gasteiger partial charge in [-0.25, -0.2) is 0 Å². The molecule has 0 amide bonds. The molecule has 0 atom stereocenters. The van der Waals surface area contributed by atoms with Gasteiger partial charge in [0.05, 0.1) is 0 Å². The molecule has 0 heterocycles. The van der Waals surface area contributed by atoms with Crippen LogP contribution < -0.4 is 0 Å². The maximum absolute atomic E-state index is 6.07. The first-order valence-electron chi connectivity index (χ1n) is 4.79. The fourth-order valence-electron chi connectivity index (χ4n) is 1.03. The average Bonchev–Trinajstić information content (AvgIpc) is 1.98. The SMILES string of the molecule is COCC/C(C)=C\CCC(C)(C)Cl. The van der Waals surface area contributed by atoms with Gasteiger partial charge >= 0.3 is 0 Å². The summed E-state index contributed by atoms with van der Waals surface area (Å²) < 4.78 is 4.99. The van der Waals surface area contributed by atoms with Gasteiger partial charge in [-0.2, -0.15) is 0 Å². The zero-order valence-corrected chi connectivity index (χ0v) is 9.95. The maximum Gasteiger partial charge on any atom is 0.0499 e. The highest BCUT2D eigenvalue weighted by atomic mass is 35.5. The molecule has 0 fully saturated rings. The number of allylic oxidation sites excluding steroid dienone is 1. The van der Waals surface area contributed by atoms with Crippen LogP contribution in [0.5, 0.6) is 0 Å². The lowest BCUT2D eigenvalue weighted by molar-refractivity contribution is 0.202. The van der Waals surface area contributed by atoms with Crippen molar-refractivity contribution in [2.24, 2.45) is 0 Å². The summed E-state index contributed by atoms with van der Waals surface area (Å²) in [5.41, 5.74) is 1.39. The first kappa shape index (κ1) is 13.0. The molecule has 0 aliphatic rings. The Morgan fingerprint density at radius 2 is 2.08 bits per heavy atom. The second kappa shape index (κ2) is 6.44. The van der Waals surface area contributed by atoms with E-state index in [1.165, 1.54) is 5.57 Å². The van der Waals surface area contributed by atoms with E-state index in [0.717, 1.165) is 25.9 Å². The van der Waals surface area contributed by atoms with Crippen LogP contribution in [-0.2, 0) is 4.74 Å². The molecule has 13 heavy (non-hydrogen) atoms. The molecule has 0 spiro atoms. The fourth-order valence-corrected chi connectivity index (χ4v) is 1.14. The third-order valence-electron chi connectivity index (χ3n) is 1.93. The van der Waals surface area contributed by atoms with E-state index in [9.17, 15) is 0 Å². The highest BCUT2D eigenvalue weighted by molar-refractivity contribution is 6.23. The van der Waals surface area contributed by atoms with E-state index >= 15 is 0 Å². The topological polar surface area (TPSA) is 9.23 Å². The van der Waals surface area contributed by atoms with Crippen molar-refractivity contribution in [3.8, 4) is 0 Å². The Morgan fingerprint density at radius 3 is 2.54 bits per heavy atom. The van der Waals surface area contributed by atoms with Crippen LogP contribution in [0.1, 0.15) is 40.0 Å². The molecule has 0 rings (SSSR count). The summed E-state index contributed by atoms with van der Waals surface area (Å²) in [6.07, 6.45) is 5.37. The Labute approximate surface area is 87.1 Å². The molecule has 78 valence electrons. The second-order valence-corrected chi connectivity index (χ2v) is 5.07. The van der Waals surface area contributed by atoms with Gasteiger partial charge in [0, 0.05) is 18.6 Å². The number of methoxy groups -OCH3 is 1. The van der Waals surface area contributed by atoms with E-state index in [1.54, 1.807) is 7.11 Å². The lowest BCUT2D eigenvalue weighted by Crippen LogP contribution is -2.08. The fraction of sp³-hybridized carbons (Fsp3) is 0.818. The molecule has 0 radical (unpaired) electrons. The molecular formula is C11H21ClO. The van der Waals surface area contributed by atoms with Crippen LogP contribution in [0.2, 0.25) is 0 Å². The smallest absolute Gasteiger partial charge is 0.0499 e. The van der Waals surface area contributed by atoms with Crippen molar-refractivity contribution < 1.29 is 4.74 Å². The van der Waals surface area contributed by atoms with Crippen LogP contribution in [0.25, 0.3) is 0 Å². The normalized spacial score (nSPS) is 13.5. The zero-order chi connectivity index (χ0) is 10.3. The van der Waals surface area contributed by atoms with E-state index in [2.05, 4.69) is 13.0 Å². The number of halogens is 1. The van der Waals surface area contributed by atoms with E-state index in [0.29, 0.717) is 0 Å². The number of ether oxygens (including phenoxy) is 1. The van der Waals surface area contributed by atoms with Crippen molar-refractivity contribution in [2.45, 2.75) is 44.9 Å². The van der Waals surface area contributed by atoms with Gasteiger partial charge in [-0.05, 0) is 40.0 Å². The van der Waals surface area contributed by atoms with Crippen LogP contribution in [-0.4, -0.2) is 18.6 Å². The Morgan fingerprint density at radius 1 is 1.46 bits per heavy atom. The summed E-state index contributed by atoms with van der Waals surface area (Å²) in [4.78, 5) is -0.0714. The van der Waals surface area contributed by atoms with Crippen molar-refractivity contribution in [3.05, 3.63) is 11.6 Å². The van der Waals surface area contributed by atoms with Crippen LogP contribution in [0.3, 0.4) is 0 Å². The minimum atomic E-state index is -0.0714. The van der Waals surface area contributed by atoms with E-state index in [-0.39, 0.29) is 4.87 Å². The van der Waals surface area contributed by atoms with Crippen molar-refractivity contribution in [3.63, 3.8) is 0 Å². The molecule has 0 saturated carbocycles. The van der Waals surface area contributed by atoms with Crippen LogP contribution in [0.15, 0.2) is 11.6 Å². The summed E-state index contributed by atoms with van der Waals surface area (Å²) in [5.74, 6) is 0. The molecule has 0 bridgehead atoms. The lowest BCUT2D eigenvalue weighted by atomic mass is 10.1. The van der Waals surface area contributed by atoms with Gasteiger partial charge in [0.25, 0.3) is 0 Å². The minimum absolute atomic E-state index is 0.0714. The highest BCUT2D eigenvalue weighted by Crippen LogP contribution is 2.20. The molecule has 0 N–H and O–H groups in total.